The number of alkyl carbamates (subject to hydrolysis) is 1. The highest BCUT2D eigenvalue weighted by atomic mass is 16.5. The predicted octanol–water partition coefficient (Wildman–Crippen LogP) is 7.08. The van der Waals surface area contributed by atoms with Crippen molar-refractivity contribution in [1.82, 2.24) is 35.1 Å². The number of imidazole rings is 2. The molecule has 1 unspecified atom stereocenters. The Morgan fingerprint density at radius 2 is 1.45 bits per heavy atom. The van der Waals surface area contributed by atoms with Crippen molar-refractivity contribution < 1.29 is 28.7 Å². The number of aliphatic imine (C=N–C) groups is 1. The molecule has 3 N–H and O–H groups in total. The van der Waals surface area contributed by atoms with Crippen molar-refractivity contribution in [3.8, 4) is 11.1 Å². The average Bonchev–Trinajstić information content (AvgIpc) is 4.00. The SMILES string of the molecule is COC(=O)N=CC(C(=O)N1CCC[C@H]1c1nc2c(ccc3cc(-c4ccc5nc([C@@H]6CCCN6C(=O)[C@@H](NC(=O)OC)C(C)C)[nH]c5c4)ccc32)[nH]1)C(C)C. The Kier molecular flexibility index (Phi) is 10.6. The quantitative estimate of drug-likeness (QED) is 0.134. The van der Waals surface area contributed by atoms with Crippen LogP contribution in [0.3, 0.4) is 0 Å². The first-order valence-electron chi connectivity index (χ1n) is 19.0. The van der Waals surface area contributed by atoms with Crippen molar-refractivity contribution in [1.29, 1.82) is 0 Å². The van der Waals surface area contributed by atoms with E-state index in [0.29, 0.717) is 13.1 Å². The van der Waals surface area contributed by atoms with E-state index in [1.807, 2.05) is 49.6 Å². The fourth-order valence-corrected chi connectivity index (χ4v) is 7.94. The molecule has 2 saturated heterocycles. The third-order valence-corrected chi connectivity index (χ3v) is 10.9. The van der Waals surface area contributed by atoms with E-state index >= 15 is 0 Å². The summed E-state index contributed by atoms with van der Waals surface area (Å²) in [5, 5.41) is 4.74. The van der Waals surface area contributed by atoms with Crippen LogP contribution in [0, 0.1) is 17.8 Å². The van der Waals surface area contributed by atoms with E-state index in [2.05, 4.69) is 61.4 Å². The number of aromatic amines is 2. The smallest absolute Gasteiger partial charge is 0.432 e. The van der Waals surface area contributed by atoms with Crippen molar-refractivity contribution in [2.45, 2.75) is 71.5 Å². The highest BCUT2D eigenvalue weighted by molar-refractivity contribution is 6.05. The van der Waals surface area contributed by atoms with Crippen LogP contribution in [0.25, 0.3) is 44.0 Å². The van der Waals surface area contributed by atoms with Crippen molar-refractivity contribution in [2.75, 3.05) is 27.3 Å². The molecule has 0 bridgehead atoms. The summed E-state index contributed by atoms with van der Waals surface area (Å²) in [7, 11) is 2.55. The summed E-state index contributed by atoms with van der Waals surface area (Å²) in [5.41, 5.74) is 5.48. The summed E-state index contributed by atoms with van der Waals surface area (Å²) in [5.74, 6) is 0.519. The first kappa shape index (κ1) is 37.5. The molecule has 14 nitrogen and oxygen atoms in total. The Labute approximate surface area is 319 Å². The van der Waals surface area contributed by atoms with E-state index in [9.17, 15) is 19.2 Å². The van der Waals surface area contributed by atoms with E-state index in [1.54, 1.807) is 0 Å². The molecule has 0 radical (unpaired) electrons. The number of nitrogens with one attached hydrogen (secondary N) is 3. The standard InChI is InChI=1S/C41H48N8O6/c1-22(2)28(21-42-40(52)54-5)38(50)48-17-7-10-33(48)37-44-30-16-13-26-19-24(11-14-27(26)35(30)46-37)25-12-15-29-31(20-25)45-36(43-29)32-9-8-18-49(32)39(51)34(23(3)4)47-41(53)55-6/h11-16,19-23,28,32-34H,7-10,17-18H2,1-6H3,(H,43,45)(H,44,46)(H,47,53)/t28?,32-,33-,34-/m0/s1. The van der Waals surface area contributed by atoms with Crippen LogP contribution in [0.5, 0.6) is 0 Å². The number of likely N-dealkylation sites (tertiary alicyclic amines) is 2. The van der Waals surface area contributed by atoms with Crippen LogP contribution < -0.4 is 5.32 Å². The highest BCUT2D eigenvalue weighted by Gasteiger charge is 2.38. The molecule has 2 aromatic heterocycles. The number of ether oxygens (including phenoxy) is 2. The van der Waals surface area contributed by atoms with Gasteiger partial charge in [0, 0.05) is 24.7 Å². The summed E-state index contributed by atoms with van der Waals surface area (Å²) in [6.45, 7) is 8.87. The zero-order valence-electron chi connectivity index (χ0n) is 32.1. The van der Waals surface area contributed by atoms with Gasteiger partial charge in [0.1, 0.15) is 17.7 Å². The number of nitrogens with zero attached hydrogens (tertiary/aromatic N) is 5. The molecular weight excluding hydrogens is 701 g/mol. The minimum absolute atomic E-state index is 0.0545. The van der Waals surface area contributed by atoms with Crippen LogP contribution in [0.1, 0.15) is 77.1 Å². The van der Waals surface area contributed by atoms with Crippen LogP contribution in [0.4, 0.5) is 9.59 Å². The molecule has 2 aliphatic rings. The van der Waals surface area contributed by atoms with Gasteiger partial charge in [0.05, 0.1) is 54.3 Å². The number of carbonyl (C=O) groups is 4. The van der Waals surface area contributed by atoms with Gasteiger partial charge >= 0.3 is 12.2 Å². The van der Waals surface area contributed by atoms with Crippen LogP contribution in [0.15, 0.2) is 53.5 Å². The van der Waals surface area contributed by atoms with Crippen LogP contribution in [0.2, 0.25) is 0 Å². The summed E-state index contributed by atoms with van der Waals surface area (Å²) < 4.78 is 9.41. The van der Waals surface area contributed by atoms with Gasteiger partial charge in [-0.25, -0.2) is 19.6 Å². The van der Waals surface area contributed by atoms with Crippen LogP contribution >= 0.6 is 0 Å². The maximum Gasteiger partial charge on any atom is 0.432 e. The van der Waals surface area contributed by atoms with Crippen LogP contribution in [-0.4, -0.2) is 93.3 Å². The first-order valence-corrected chi connectivity index (χ1v) is 19.0. The topological polar surface area (TPSA) is 175 Å². The second-order valence-corrected chi connectivity index (χ2v) is 15.1. The summed E-state index contributed by atoms with van der Waals surface area (Å²) >= 11 is 0. The Morgan fingerprint density at radius 3 is 2.13 bits per heavy atom. The number of carbonyl (C=O) groups excluding carboxylic acids is 4. The van der Waals surface area contributed by atoms with Crippen LogP contribution in [-0.2, 0) is 19.1 Å². The zero-order valence-corrected chi connectivity index (χ0v) is 32.1. The molecule has 0 spiro atoms. The number of fused-ring (bicyclic) bond motifs is 4. The largest absolute Gasteiger partial charge is 0.453 e. The van der Waals surface area contributed by atoms with E-state index in [4.69, 9.17) is 14.7 Å². The average molecular weight is 749 g/mol. The molecule has 4 amide bonds. The number of H-pyrrole nitrogens is 2. The predicted molar refractivity (Wildman–Crippen MR) is 209 cm³/mol. The number of aromatic nitrogens is 4. The summed E-state index contributed by atoms with van der Waals surface area (Å²) in [6.07, 6.45) is 3.30. The zero-order chi connectivity index (χ0) is 39.0. The second kappa shape index (κ2) is 15.5. The van der Waals surface area contributed by atoms with Gasteiger partial charge in [-0.3, -0.25) is 9.59 Å². The Bertz CT molecular complexity index is 2290. The van der Waals surface area contributed by atoms with Gasteiger partial charge in [-0.15, -0.1) is 0 Å². The lowest BCUT2D eigenvalue weighted by molar-refractivity contribution is -0.136. The second-order valence-electron chi connectivity index (χ2n) is 15.1. The van der Waals surface area contributed by atoms with Gasteiger partial charge < -0.3 is 34.6 Å². The molecule has 2 fully saturated rings. The fraction of sp³-hybridized carbons (Fsp3) is 0.439. The van der Waals surface area contributed by atoms with Gasteiger partial charge in [0.2, 0.25) is 11.8 Å². The third-order valence-electron chi connectivity index (χ3n) is 10.9. The van der Waals surface area contributed by atoms with E-state index in [0.717, 1.165) is 81.3 Å². The molecule has 3 aromatic carbocycles. The van der Waals surface area contributed by atoms with Gasteiger partial charge in [0.15, 0.2) is 0 Å². The Balaban J connectivity index is 1.12. The molecule has 2 aliphatic heterocycles. The maximum atomic E-state index is 13.8. The fourth-order valence-electron chi connectivity index (χ4n) is 7.94. The number of amides is 4. The van der Waals surface area contributed by atoms with Crippen molar-refractivity contribution in [3.63, 3.8) is 0 Å². The Morgan fingerprint density at radius 1 is 0.800 bits per heavy atom. The van der Waals surface area contributed by atoms with E-state index < -0.39 is 24.1 Å². The minimum Gasteiger partial charge on any atom is -0.453 e. The van der Waals surface area contributed by atoms with Gasteiger partial charge in [-0.2, -0.15) is 4.99 Å². The van der Waals surface area contributed by atoms with Gasteiger partial charge in [-0.1, -0.05) is 52.0 Å². The minimum atomic E-state index is -0.728. The number of hydrogen-bond acceptors (Lipinski definition) is 8. The van der Waals surface area contributed by atoms with E-state index in [1.165, 1.54) is 20.4 Å². The molecule has 4 heterocycles. The number of hydrogen-bond donors (Lipinski definition) is 3. The normalized spacial score (nSPS) is 18.6. The molecule has 0 aliphatic carbocycles. The Hall–Kier alpha value is -5.79. The molecule has 5 aromatic rings. The highest BCUT2D eigenvalue weighted by Crippen LogP contribution is 2.37. The van der Waals surface area contributed by atoms with Gasteiger partial charge in [-0.05, 0) is 78.3 Å². The summed E-state index contributed by atoms with van der Waals surface area (Å²) in [6, 6.07) is 15.4. The molecule has 7 rings (SSSR count). The molecule has 14 heteroatoms. The monoisotopic (exact) mass is 748 g/mol. The molecular formula is C41H48N8O6. The van der Waals surface area contributed by atoms with Crippen molar-refractivity contribution >= 4 is 63.1 Å². The number of rotatable bonds is 9. The lowest BCUT2D eigenvalue weighted by Gasteiger charge is -2.29. The molecule has 55 heavy (non-hydrogen) atoms. The lowest BCUT2D eigenvalue weighted by Crippen LogP contribution is -2.51. The number of benzene rings is 3. The number of methoxy groups -OCH3 is 2. The first-order chi connectivity index (χ1) is 26.5. The molecule has 4 atom stereocenters. The van der Waals surface area contributed by atoms with Gasteiger partial charge in [0.25, 0.3) is 0 Å². The van der Waals surface area contributed by atoms with E-state index in [-0.39, 0.29) is 35.7 Å². The van der Waals surface area contributed by atoms with Crippen molar-refractivity contribution in [2.24, 2.45) is 22.7 Å². The third kappa shape index (κ3) is 7.37. The summed E-state index contributed by atoms with van der Waals surface area (Å²) in [4.78, 5) is 75.5. The molecule has 288 valence electrons. The molecule has 0 saturated carbocycles. The lowest BCUT2D eigenvalue weighted by atomic mass is 9.95. The maximum absolute atomic E-state index is 13.8. The van der Waals surface area contributed by atoms with Crippen molar-refractivity contribution in [3.05, 3.63) is 60.2 Å².